The fourth-order valence-electron chi connectivity index (χ4n) is 2.68. The summed E-state index contributed by atoms with van der Waals surface area (Å²) in [6, 6.07) is 6.75. The van der Waals surface area contributed by atoms with E-state index in [4.69, 9.17) is 11.6 Å². The van der Waals surface area contributed by atoms with E-state index in [1.165, 1.54) is 11.6 Å². The minimum absolute atomic E-state index is 0.0338. The number of piperazine rings is 1. The molecule has 2 aromatic rings. The lowest BCUT2D eigenvalue weighted by molar-refractivity contribution is 0.198. The second kappa shape index (κ2) is 6.22. The maximum atomic E-state index is 13.6. The fraction of sp³-hybridized carbons (Fsp3) is 0.333. The van der Waals surface area contributed by atoms with Crippen molar-refractivity contribution < 1.29 is 4.39 Å². The third kappa shape index (κ3) is 2.88. The molecule has 5 heteroatoms. The average molecular weight is 311 g/mol. The molecule has 2 nitrogen and oxygen atoms in total. The van der Waals surface area contributed by atoms with Crippen molar-refractivity contribution in [3.05, 3.63) is 57.0 Å². The van der Waals surface area contributed by atoms with Crippen LogP contribution in [0.2, 0.25) is 5.02 Å². The number of nitrogens with one attached hydrogen (secondary N) is 1. The van der Waals surface area contributed by atoms with Crippen LogP contribution in [0.15, 0.2) is 35.0 Å². The molecule has 0 bridgehead atoms. The Morgan fingerprint density at radius 2 is 2.05 bits per heavy atom. The minimum atomic E-state index is -0.236. The summed E-state index contributed by atoms with van der Waals surface area (Å²) in [6.45, 7) is 3.78. The molecule has 20 heavy (non-hydrogen) atoms. The van der Waals surface area contributed by atoms with Gasteiger partial charge in [-0.15, -0.1) is 0 Å². The lowest BCUT2D eigenvalue weighted by Gasteiger charge is -2.35. The van der Waals surface area contributed by atoms with Crippen molar-refractivity contribution in [2.45, 2.75) is 6.04 Å². The molecule has 0 radical (unpaired) electrons. The van der Waals surface area contributed by atoms with E-state index in [0.717, 1.165) is 31.7 Å². The molecule has 0 unspecified atom stereocenters. The van der Waals surface area contributed by atoms with Gasteiger partial charge >= 0.3 is 0 Å². The van der Waals surface area contributed by atoms with Crippen LogP contribution < -0.4 is 5.32 Å². The zero-order valence-electron chi connectivity index (χ0n) is 11.0. The number of halogens is 2. The van der Waals surface area contributed by atoms with Crippen LogP contribution in [0.5, 0.6) is 0 Å². The van der Waals surface area contributed by atoms with Gasteiger partial charge in [-0.25, -0.2) is 4.39 Å². The standard InChI is InChI=1S/C15H16ClFN2S/c16-14-2-1-12(17)9-13(14)15(11-3-8-20-10-11)19-6-4-18-5-7-19/h1-3,8-10,15,18H,4-7H2/t15-/m0/s1. The van der Waals surface area contributed by atoms with Gasteiger partial charge in [-0.3, -0.25) is 4.90 Å². The van der Waals surface area contributed by atoms with Crippen LogP contribution in [0.1, 0.15) is 17.2 Å². The minimum Gasteiger partial charge on any atom is -0.314 e. The van der Waals surface area contributed by atoms with Gasteiger partial charge in [0.1, 0.15) is 5.82 Å². The van der Waals surface area contributed by atoms with Crippen LogP contribution in [-0.2, 0) is 0 Å². The third-order valence-electron chi connectivity index (χ3n) is 3.63. The molecule has 1 aliphatic heterocycles. The number of benzene rings is 1. The molecule has 1 N–H and O–H groups in total. The summed E-state index contributed by atoms with van der Waals surface area (Å²) < 4.78 is 13.6. The predicted molar refractivity (Wildman–Crippen MR) is 82.0 cm³/mol. The number of rotatable bonds is 3. The molecule has 1 aromatic heterocycles. The van der Waals surface area contributed by atoms with Crippen LogP contribution in [0.25, 0.3) is 0 Å². The maximum Gasteiger partial charge on any atom is 0.123 e. The van der Waals surface area contributed by atoms with Crippen molar-refractivity contribution in [3.63, 3.8) is 0 Å². The molecule has 0 amide bonds. The topological polar surface area (TPSA) is 15.3 Å². The van der Waals surface area contributed by atoms with Crippen molar-refractivity contribution >= 4 is 22.9 Å². The number of hydrogen-bond donors (Lipinski definition) is 1. The van der Waals surface area contributed by atoms with Crippen molar-refractivity contribution in [3.8, 4) is 0 Å². The summed E-state index contributed by atoms with van der Waals surface area (Å²) >= 11 is 7.98. The molecule has 1 fully saturated rings. The molecule has 0 spiro atoms. The molecule has 0 saturated carbocycles. The highest BCUT2D eigenvalue weighted by Gasteiger charge is 2.26. The Labute approximate surface area is 127 Å². The molecule has 1 saturated heterocycles. The van der Waals surface area contributed by atoms with Crippen molar-refractivity contribution in [1.82, 2.24) is 10.2 Å². The van der Waals surface area contributed by atoms with Gasteiger partial charge in [0.2, 0.25) is 0 Å². The fourth-order valence-corrected chi connectivity index (χ4v) is 3.58. The third-order valence-corrected chi connectivity index (χ3v) is 4.67. The first-order chi connectivity index (χ1) is 9.75. The van der Waals surface area contributed by atoms with Gasteiger partial charge in [-0.1, -0.05) is 11.6 Å². The molecule has 0 aliphatic carbocycles. The number of hydrogen-bond acceptors (Lipinski definition) is 3. The first kappa shape index (κ1) is 14.0. The van der Waals surface area contributed by atoms with E-state index in [1.54, 1.807) is 23.5 Å². The summed E-state index contributed by atoms with van der Waals surface area (Å²) in [6.07, 6.45) is 0. The highest BCUT2D eigenvalue weighted by Crippen LogP contribution is 2.34. The molecule has 106 valence electrons. The highest BCUT2D eigenvalue weighted by molar-refractivity contribution is 7.08. The molecule has 2 heterocycles. The zero-order chi connectivity index (χ0) is 13.9. The summed E-state index contributed by atoms with van der Waals surface area (Å²) in [5.41, 5.74) is 2.04. The van der Waals surface area contributed by atoms with Gasteiger partial charge in [0.05, 0.1) is 6.04 Å². The Morgan fingerprint density at radius 3 is 2.75 bits per heavy atom. The van der Waals surface area contributed by atoms with Crippen molar-refractivity contribution in [1.29, 1.82) is 0 Å². The summed E-state index contributed by atoms with van der Waals surface area (Å²) in [5, 5.41) is 8.14. The first-order valence-electron chi connectivity index (χ1n) is 6.67. The highest BCUT2D eigenvalue weighted by atomic mass is 35.5. The van der Waals surface area contributed by atoms with Gasteiger partial charge < -0.3 is 5.32 Å². The van der Waals surface area contributed by atoms with Crippen LogP contribution in [0.3, 0.4) is 0 Å². The molecule has 1 aliphatic rings. The second-order valence-electron chi connectivity index (χ2n) is 4.91. The van der Waals surface area contributed by atoms with Gasteiger partial charge in [0, 0.05) is 31.2 Å². The van der Waals surface area contributed by atoms with Crippen LogP contribution in [0.4, 0.5) is 4.39 Å². The second-order valence-corrected chi connectivity index (χ2v) is 6.10. The van der Waals surface area contributed by atoms with E-state index >= 15 is 0 Å². The van der Waals surface area contributed by atoms with E-state index in [0.29, 0.717) is 5.02 Å². The Morgan fingerprint density at radius 1 is 1.25 bits per heavy atom. The van der Waals surface area contributed by atoms with E-state index in [1.807, 2.05) is 0 Å². The van der Waals surface area contributed by atoms with Crippen molar-refractivity contribution in [2.24, 2.45) is 0 Å². The van der Waals surface area contributed by atoms with Gasteiger partial charge in [-0.2, -0.15) is 11.3 Å². The summed E-state index contributed by atoms with van der Waals surface area (Å²) in [4.78, 5) is 2.36. The first-order valence-corrected chi connectivity index (χ1v) is 7.99. The molecular weight excluding hydrogens is 295 g/mol. The molecule has 1 aromatic carbocycles. The Bertz CT molecular complexity index is 567. The van der Waals surface area contributed by atoms with Gasteiger partial charge in [0.25, 0.3) is 0 Å². The monoisotopic (exact) mass is 310 g/mol. The average Bonchev–Trinajstić information content (AvgIpc) is 2.98. The molecule has 3 rings (SSSR count). The van der Waals surface area contributed by atoms with Crippen molar-refractivity contribution in [2.75, 3.05) is 26.2 Å². The largest absolute Gasteiger partial charge is 0.314 e. The van der Waals surface area contributed by atoms with E-state index in [2.05, 4.69) is 27.0 Å². The number of nitrogens with zero attached hydrogens (tertiary/aromatic N) is 1. The van der Waals surface area contributed by atoms with Crippen LogP contribution in [0, 0.1) is 5.82 Å². The summed E-state index contributed by atoms with van der Waals surface area (Å²) in [7, 11) is 0. The lowest BCUT2D eigenvalue weighted by Crippen LogP contribution is -2.45. The van der Waals surface area contributed by atoms with Gasteiger partial charge in [0.15, 0.2) is 0 Å². The Hall–Kier alpha value is -0.940. The Balaban J connectivity index is 2.02. The SMILES string of the molecule is Fc1ccc(Cl)c([C@H](c2ccsc2)N2CCNCC2)c1. The lowest BCUT2D eigenvalue weighted by atomic mass is 9.98. The van der Waals surface area contributed by atoms with E-state index < -0.39 is 0 Å². The normalized spacial score (nSPS) is 18.1. The quantitative estimate of drug-likeness (QED) is 0.933. The maximum absolute atomic E-state index is 13.6. The Kier molecular flexibility index (Phi) is 4.36. The smallest absolute Gasteiger partial charge is 0.123 e. The van der Waals surface area contributed by atoms with Crippen LogP contribution in [-0.4, -0.2) is 31.1 Å². The number of thiophene rings is 1. The summed E-state index contributed by atoms with van der Waals surface area (Å²) in [5.74, 6) is -0.236. The van der Waals surface area contributed by atoms with Gasteiger partial charge in [-0.05, 0) is 46.2 Å². The van der Waals surface area contributed by atoms with E-state index in [-0.39, 0.29) is 11.9 Å². The van der Waals surface area contributed by atoms with Crippen LogP contribution >= 0.6 is 22.9 Å². The predicted octanol–water partition coefficient (Wildman–Crippen LogP) is 3.54. The molecule has 1 atom stereocenters. The zero-order valence-corrected chi connectivity index (χ0v) is 12.6. The van der Waals surface area contributed by atoms with E-state index in [9.17, 15) is 4.39 Å². The molecular formula is C15H16ClFN2S.